The fourth-order valence-corrected chi connectivity index (χ4v) is 9.71. The third-order valence-electron chi connectivity index (χ3n) is 12.1. The Kier molecular flexibility index (Phi) is 6.35. The molecule has 6 heteroatoms. The van der Waals surface area contributed by atoms with Crippen molar-refractivity contribution < 1.29 is 0 Å². The number of pyridine rings is 2. The molecule has 0 bridgehead atoms. The fourth-order valence-electron chi connectivity index (χ4n) is 9.71. The van der Waals surface area contributed by atoms with Gasteiger partial charge in [0, 0.05) is 67.6 Å². The lowest BCUT2D eigenvalue weighted by molar-refractivity contribution is 1.05. The van der Waals surface area contributed by atoms with E-state index in [1.165, 1.54) is 43.1 Å². The number of rotatable bonds is 4. The van der Waals surface area contributed by atoms with Gasteiger partial charge in [-0.3, -0.25) is 9.13 Å². The molecule has 0 aliphatic carbocycles. The number of aromatic nitrogens is 6. The summed E-state index contributed by atoms with van der Waals surface area (Å²) in [5.41, 5.74) is 11.2. The highest BCUT2D eigenvalue weighted by atomic mass is 15.1. The number of fused-ring (bicyclic) bond motifs is 13. The summed E-state index contributed by atoms with van der Waals surface area (Å²) in [4.78, 5) is 10.1. The molecule has 0 amide bonds. The van der Waals surface area contributed by atoms with E-state index in [2.05, 4.69) is 200 Å². The molecule has 0 unspecified atom stereocenters. The first-order valence-corrected chi connectivity index (χ1v) is 19.7. The molecule has 0 saturated heterocycles. The average molecular weight is 741 g/mol. The Labute approximate surface area is 331 Å². The summed E-state index contributed by atoms with van der Waals surface area (Å²) < 4.78 is 9.47. The SMILES string of the molecule is c1ccc2c(c1)c1ccccc1n2-c1cc(-n2c3ccccc3c3ccc4c5ccccc5n(-c5ccnc(-n6c7ccccc7c7ccccc76)c5)c4c32)ccn1. The zero-order chi connectivity index (χ0) is 37.9. The lowest BCUT2D eigenvalue weighted by Crippen LogP contribution is -2.03. The molecule has 58 heavy (non-hydrogen) atoms. The van der Waals surface area contributed by atoms with Gasteiger partial charge in [-0.1, -0.05) is 121 Å². The maximum absolute atomic E-state index is 5.03. The van der Waals surface area contributed by atoms with E-state index in [1.54, 1.807) is 0 Å². The highest BCUT2D eigenvalue weighted by Gasteiger charge is 2.23. The molecule has 6 nitrogen and oxygen atoms in total. The lowest BCUT2D eigenvalue weighted by atomic mass is 10.1. The molecule has 0 fully saturated rings. The minimum Gasteiger partial charge on any atom is -0.307 e. The summed E-state index contributed by atoms with van der Waals surface area (Å²) in [6, 6.07) is 65.3. The molecule has 0 aliphatic rings. The number of nitrogens with zero attached hydrogens (tertiary/aromatic N) is 6. The van der Waals surface area contributed by atoms with E-state index in [0.717, 1.165) is 67.1 Å². The number of hydrogen-bond donors (Lipinski definition) is 0. The van der Waals surface area contributed by atoms with Crippen LogP contribution >= 0.6 is 0 Å². The molecule has 13 rings (SSSR count). The fraction of sp³-hybridized carbons (Fsp3) is 0. The molecule has 0 N–H and O–H groups in total. The molecule has 7 aromatic carbocycles. The molecule has 13 aromatic rings. The zero-order valence-corrected chi connectivity index (χ0v) is 31.2. The van der Waals surface area contributed by atoms with Gasteiger partial charge in [0.2, 0.25) is 0 Å². The molecule has 270 valence electrons. The van der Waals surface area contributed by atoms with Gasteiger partial charge in [0.1, 0.15) is 11.6 Å². The third-order valence-corrected chi connectivity index (χ3v) is 12.1. The van der Waals surface area contributed by atoms with E-state index < -0.39 is 0 Å². The van der Waals surface area contributed by atoms with Gasteiger partial charge in [0.05, 0.1) is 55.5 Å². The lowest BCUT2D eigenvalue weighted by Gasteiger charge is -2.15. The van der Waals surface area contributed by atoms with Crippen molar-refractivity contribution >= 4 is 87.2 Å². The molecule has 0 spiro atoms. The van der Waals surface area contributed by atoms with E-state index in [0.29, 0.717) is 0 Å². The number of para-hydroxylation sites is 6. The van der Waals surface area contributed by atoms with Crippen molar-refractivity contribution in [3.05, 3.63) is 194 Å². The van der Waals surface area contributed by atoms with Crippen LogP contribution in [0.3, 0.4) is 0 Å². The van der Waals surface area contributed by atoms with Crippen LogP contribution in [0, 0.1) is 0 Å². The minimum absolute atomic E-state index is 0.874. The first-order chi connectivity index (χ1) is 28.8. The first-order valence-electron chi connectivity index (χ1n) is 19.7. The van der Waals surface area contributed by atoms with Gasteiger partial charge in [0.25, 0.3) is 0 Å². The van der Waals surface area contributed by atoms with Crippen LogP contribution in [0.1, 0.15) is 0 Å². The van der Waals surface area contributed by atoms with E-state index in [-0.39, 0.29) is 0 Å². The van der Waals surface area contributed by atoms with E-state index in [9.17, 15) is 0 Å². The van der Waals surface area contributed by atoms with Crippen molar-refractivity contribution in [3.63, 3.8) is 0 Å². The van der Waals surface area contributed by atoms with Crippen LogP contribution in [0.15, 0.2) is 194 Å². The molecule has 0 saturated carbocycles. The monoisotopic (exact) mass is 740 g/mol. The van der Waals surface area contributed by atoms with Crippen LogP contribution in [0.4, 0.5) is 0 Å². The molecular weight excluding hydrogens is 709 g/mol. The van der Waals surface area contributed by atoms with Crippen molar-refractivity contribution in [1.82, 2.24) is 28.2 Å². The van der Waals surface area contributed by atoms with E-state index in [4.69, 9.17) is 9.97 Å². The smallest absolute Gasteiger partial charge is 0.139 e. The van der Waals surface area contributed by atoms with Crippen LogP contribution < -0.4 is 0 Å². The van der Waals surface area contributed by atoms with Crippen molar-refractivity contribution in [2.24, 2.45) is 0 Å². The molecule has 0 radical (unpaired) electrons. The van der Waals surface area contributed by atoms with Crippen molar-refractivity contribution in [2.45, 2.75) is 0 Å². The highest BCUT2D eigenvalue weighted by molar-refractivity contribution is 6.24. The average Bonchev–Trinajstić information content (AvgIpc) is 4.02. The summed E-state index contributed by atoms with van der Waals surface area (Å²) in [6.45, 7) is 0. The van der Waals surface area contributed by atoms with E-state index >= 15 is 0 Å². The second-order valence-electron chi connectivity index (χ2n) is 15.0. The summed E-state index contributed by atoms with van der Waals surface area (Å²) in [5, 5.41) is 9.64. The quantitative estimate of drug-likeness (QED) is 0.180. The minimum atomic E-state index is 0.874. The Morgan fingerprint density at radius 1 is 0.259 bits per heavy atom. The van der Waals surface area contributed by atoms with Gasteiger partial charge < -0.3 is 9.13 Å². The molecule has 0 aliphatic heterocycles. The number of benzene rings is 7. The largest absolute Gasteiger partial charge is 0.307 e. The molecule has 0 atom stereocenters. The van der Waals surface area contributed by atoms with Crippen LogP contribution in [0.5, 0.6) is 0 Å². The first kappa shape index (κ1) is 31.3. The van der Waals surface area contributed by atoms with Gasteiger partial charge in [-0.25, -0.2) is 9.97 Å². The molecule has 6 aromatic heterocycles. The third kappa shape index (κ3) is 4.20. The maximum Gasteiger partial charge on any atom is 0.139 e. The van der Waals surface area contributed by atoms with Gasteiger partial charge in [-0.15, -0.1) is 0 Å². The maximum atomic E-state index is 5.03. The normalized spacial score (nSPS) is 12.1. The Balaban J connectivity index is 1.12. The summed E-state index contributed by atoms with van der Waals surface area (Å²) in [5.74, 6) is 1.75. The highest BCUT2D eigenvalue weighted by Crippen LogP contribution is 2.42. The Hall–Kier alpha value is -7.96. The zero-order valence-electron chi connectivity index (χ0n) is 31.2. The van der Waals surface area contributed by atoms with Gasteiger partial charge in [-0.05, 0) is 48.5 Å². The van der Waals surface area contributed by atoms with Crippen LogP contribution in [-0.2, 0) is 0 Å². The standard InChI is InChI=1S/C52H32N6/c1-9-21-45-35(13-1)36-14-2-10-22-46(36)57(45)49-31-33(27-29-53-49)55-43-19-7-5-17-39(43)41-25-26-42-40-18-6-8-20-44(40)56(52(42)51(41)55)34-28-30-54-50(32-34)58-47-23-11-3-15-37(47)38-16-4-12-24-48(38)58/h1-32H. The van der Waals surface area contributed by atoms with Crippen molar-refractivity contribution in [1.29, 1.82) is 0 Å². The predicted molar refractivity (Wildman–Crippen MR) is 239 cm³/mol. The summed E-state index contributed by atoms with van der Waals surface area (Å²) in [7, 11) is 0. The van der Waals surface area contributed by atoms with Crippen molar-refractivity contribution in [2.75, 3.05) is 0 Å². The van der Waals surface area contributed by atoms with Gasteiger partial charge in [-0.2, -0.15) is 0 Å². The Bertz CT molecular complexity index is 3460. The van der Waals surface area contributed by atoms with Crippen LogP contribution in [-0.4, -0.2) is 28.2 Å². The second kappa shape index (κ2) is 11.8. The second-order valence-corrected chi connectivity index (χ2v) is 15.0. The van der Waals surface area contributed by atoms with Gasteiger partial charge in [0.15, 0.2) is 0 Å². The topological polar surface area (TPSA) is 45.5 Å². The summed E-state index contributed by atoms with van der Waals surface area (Å²) in [6.07, 6.45) is 3.90. The number of hydrogen-bond acceptors (Lipinski definition) is 2. The van der Waals surface area contributed by atoms with Crippen LogP contribution in [0.2, 0.25) is 0 Å². The van der Waals surface area contributed by atoms with Crippen LogP contribution in [0.25, 0.3) is 110 Å². The molecular formula is C52H32N6. The Morgan fingerprint density at radius 3 is 0.862 bits per heavy atom. The van der Waals surface area contributed by atoms with Gasteiger partial charge >= 0.3 is 0 Å². The van der Waals surface area contributed by atoms with Crippen molar-refractivity contribution in [3.8, 4) is 23.0 Å². The predicted octanol–water partition coefficient (Wildman–Crippen LogP) is 12.9. The summed E-state index contributed by atoms with van der Waals surface area (Å²) >= 11 is 0. The van der Waals surface area contributed by atoms with E-state index in [1.807, 2.05) is 12.4 Å². The Morgan fingerprint density at radius 2 is 0.534 bits per heavy atom. The molecule has 6 heterocycles.